The van der Waals surface area contributed by atoms with Crippen molar-refractivity contribution >= 4 is 24.8 Å². The Hall–Kier alpha value is -0.890. The quantitative estimate of drug-likeness (QED) is 0.847. The number of para-hydroxylation sites is 1. The van der Waals surface area contributed by atoms with Crippen molar-refractivity contribution in [3.63, 3.8) is 0 Å². The van der Waals surface area contributed by atoms with Crippen LogP contribution in [0.1, 0.15) is 18.0 Å². The molecule has 1 aliphatic heterocycles. The summed E-state index contributed by atoms with van der Waals surface area (Å²) in [5, 5.41) is 13.3. The Balaban J connectivity index is 0.00000242. The highest BCUT2D eigenvalue weighted by Crippen LogP contribution is 2.41. The Labute approximate surface area is 145 Å². The Bertz CT molecular complexity index is 484. The minimum Gasteiger partial charge on any atom is -0.504 e. The van der Waals surface area contributed by atoms with Gasteiger partial charge in [-0.1, -0.05) is 12.1 Å². The molecule has 0 radical (unpaired) electrons. The highest BCUT2D eigenvalue weighted by atomic mass is 35.5. The van der Waals surface area contributed by atoms with Crippen molar-refractivity contribution in [3.8, 4) is 11.5 Å². The van der Waals surface area contributed by atoms with E-state index in [1.165, 1.54) is 19.2 Å². The molecule has 0 spiro atoms. The van der Waals surface area contributed by atoms with Gasteiger partial charge in [0.05, 0.1) is 13.5 Å². The van der Waals surface area contributed by atoms with E-state index in [0.717, 1.165) is 0 Å². The maximum atomic E-state index is 12.9. The summed E-state index contributed by atoms with van der Waals surface area (Å²) in [6.07, 6.45) is -5.29. The van der Waals surface area contributed by atoms with Crippen LogP contribution in [0, 0.1) is 0 Å². The van der Waals surface area contributed by atoms with Gasteiger partial charge in [0.2, 0.25) is 0 Å². The lowest BCUT2D eigenvalue weighted by Crippen LogP contribution is -2.46. The molecule has 23 heavy (non-hydrogen) atoms. The fraction of sp³-hybridized carbons (Fsp3) is 0.571. The van der Waals surface area contributed by atoms with E-state index in [9.17, 15) is 18.3 Å². The first-order chi connectivity index (χ1) is 9.92. The topological polar surface area (TPSA) is 44.7 Å². The molecule has 1 aromatic carbocycles. The summed E-state index contributed by atoms with van der Waals surface area (Å²) in [5.74, 6) is -0.0254. The fourth-order valence-electron chi connectivity index (χ4n) is 2.62. The van der Waals surface area contributed by atoms with E-state index in [-0.39, 0.29) is 41.9 Å². The molecule has 1 atom stereocenters. The zero-order valence-corrected chi connectivity index (χ0v) is 14.2. The van der Waals surface area contributed by atoms with Gasteiger partial charge in [0.1, 0.15) is 0 Å². The van der Waals surface area contributed by atoms with Gasteiger partial charge in [0.25, 0.3) is 0 Å². The third-order valence-corrected chi connectivity index (χ3v) is 3.63. The molecule has 0 saturated carbocycles. The van der Waals surface area contributed by atoms with Gasteiger partial charge in [-0.15, -0.1) is 24.8 Å². The van der Waals surface area contributed by atoms with Crippen LogP contribution in [0.2, 0.25) is 0 Å². The second-order valence-corrected chi connectivity index (χ2v) is 5.02. The Morgan fingerprint density at radius 2 is 1.87 bits per heavy atom. The van der Waals surface area contributed by atoms with E-state index in [1.54, 1.807) is 11.0 Å². The van der Waals surface area contributed by atoms with Crippen molar-refractivity contribution in [2.75, 3.05) is 33.3 Å². The molecule has 4 nitrogen and oxygen atoms in total. The van der Waals surface area contributed by atoms with Gasteiger partial charge in [-0.05, 0) is 6.07 Å². The molecule has 1 aromatic rings. The first-order valence-electron chi connectivity index (χ1n) is 6.80. The number of phenols is 1. The number of ether oxygens (including phenoxy) is 1. The highest BCUT2D eigenvalue weighted by Gasteiger charge is 2.37. The summed E-state index contributed by atoms with van der Waals surface area (Å²) in [6, 6.07) is 3.75. The van der Waals surface area contributed by atoms with Gasteiger partial charge in [0.15, 0.2) is 11.5 Å². The van der Waals surface area contributed by atoms with Gasteiger partial charge < -0.3 is 15.2 Å². The number of aromatic hydroxyl groups is 1. The van der Waals surface area contributed by atoms with Crippen LogP contribution in [0.15, 0.2) is 18.2 Å². The van der Waals surface area contributed by atoms with Crippen molar-refractivity contribution in [1.29, 1.82) is 0 Å². The number of phenolic OH excluding ortho intramolecular Hbond substituents is 1. The van der Waals surface area contributed by atoms with E-state index in [2.05, 4.69) is 5.32 Å². The number of nitrogens with zero attached hydrogens (tertiary/aromatic N) is 1. The van der Waals surface area contributed by atoms with Crippen LogP contribution in [0.3, 0.4) is 0 Å². The number of methoxy groups -OCH3 is 1. The Morgan fingerprint density at radius 1 is 1.26 bits per heavy atom. The molecule has 134 valence electrons. The summed E-state index contributed by atoms with van der Waals surface area (Å²) in [5.41, 5.74) is 0.258. The van der Waals surface area contributed by atoms with Gasteiger partial charge in [-0.2, -0.15) is 13.2 Å². The molecule has 1 saturated heterocycles. The van der Waals surface area contributed by atoms with Crippen molar-refractivity contribution in [3.05, 3.63) is 23.8 Å². The molecule has 9 heteroatoms. The number of hydrogen-bond donors (Lipinski definition) is 2. The maximum absolute atomic E-state index is 12.9. The molecule has 1 aliphatic rings. The monoisotopic (exact) mass is 376 g/mol. The Morgan fingerprint density at radius 3 is 2.39 bits per heavy atom. The molecular formula is C14H21Cl2F3N2O2. The largest absolute Gasteiger partial charge is 0.504 e. The van der Waals surface area contributed by atoms with E-state index in [1.807, 2.05) is 0 Å². The lowest BCUT2D eigenvalue weighted by atomic mass is 9.99. The minimum absolute atomic E-state index is 0. The second-order valence-electron chi connectivity index (χ2n) is 5.02. The van der Waals surface area contributed by atoms with E-state index >= 15 is 0 Å². The predicted octanol–water partition coefficient (Wildman–Crippen LogP) is 3.14. The van der Waals surface area contributed by atoms with Crippen molar-refractivity contribution < 1.29 is 23.0 Å². The zero-order valence-electron chi connectivity index (χ0n) is 12.6. The van der Waals surface area contributed by atoms with Crippen LogP contribution < -0.4 is 10.1 Å². The SMILES string of the molecule is COc1cccc([C@@H](CC(F)(F)F)N2CCNCC2)c1O.Cl.Cl. The van der Waals surface area contributed by atoms with Gasteiger partial charge in [-0.3, -0.25) is 4.90 Å². The normalized spacial score (nSPS) is 16.9. The molecule has 0 aromatic heterocycles. The minimum atomic E-state index is -4.30. The average molecular weight is 377 g/mol. The standard InChI is InChI=1S/C14H19F3N2O2.2ClH/c1-21-12-4-2-3-10(13(12)20)11(9-14(15,16)17)19-7-5-18-6-8-19;;/h2-4,11,18,20H,5-9H2,1H3;2*1H/t11-;;/m1../s1. The third kappa shape index (κ3) is 5.91. The summed E-state index contributed by atoms with van der Waals surface area (Å²) in [7, 11) is 1.38. The summed E-state index contributed by atoms with van der Waals surface area (Å²) >= 11 is 0. The van der Waals surface area contributed by atoms with E-state index in [4.69, 9.17) is 4.74 Å². The average Bonchev–Trinajstić information content (AvgIpc) is 2.45. The molecular weight excluding hydrogens is 356 g/mol. The smallest absolute Gasteiger partial charge is 0.390 e. The Kier molecular flexibility index (Phi) is 9.05. The molecule has 1 fully saturated rings. The lowest BCUT2D eigenvalue weighted by molar-refractivity contribution is -0.148. The zero-order chi connectivity index (χ0) is 15.5. The number of piperazine rings is 1. The van der Waals surface area contributed by atoms with Crippen LogP contribution in [0.5, 0.6) is 11.5 Å². The number of benzene rings is 1. The first-order valence-corrected chi connectivity index (χ1v) is 6.80. The van der Waals surface area contributed by atoms with Crippen molar-refractivity contribution in [2.45, 2.75) is 18.6 Å². The lowest BCUT2D eigenvalue weighted by Gasteiger charge is -2.36. The second kappa shape index (κ2) is 9.42. The fourth-order valence-corrected chi connectivity index (χ4v) is 2.62. The molecule has 1 heterocycles. The third-order valence-electron chi connectivity index (χ3n) is 3.63. The predicted molar refractivity (Wildman–Crippen MR) is 87.0 cm³/mol. The van der Waals surface area contributed by atoms with Gasteiger partial charge >= 0.3 is 6.18 Å². The number of nitrogens with one attached hydrogen (secondary N) is 1. The molecule has 0 amide bonds. The number of hydrogen-bond acceptors (Lipinski definition) is 4. The van der Waals surface area contributed by atoms with E-state index < -0.39 is 18.6 Å². The molecule has 2 N–H and O–H groups in total. The van der Waals surface area contributed by atoms with Crippen molar-refractivity contribution in [1.82, 2.24) is 10.2 Å². The number of rotatable bonds is 4. The first kappa shape index (κ1) is 22.1. The van der Waals surface area contributed by atoms with Crippen LogP contribution in [0.25, 0.3) is 0 Å². The van der Waals surface area contributed by atoms with Crippen molar-refractivity contribution in [2.24, 2.45) is 0 Å². The summed E-state index contributed by atoms with van der Waals surface area (Å²) in [6.45, 7) is 2.30. The van der Waals surface area contributed by atoms with Gasteiger partial charge in [0, 0.05) is 37.8 Å². The highest BCUT2D eigenvalue weighted by molar-refractivity contribution is 5.85. The van der Waals surface area contributed by atoms with Crippen LogP contribution in [-0.2, 0) is 0 Å². The number of alkyl halides is 3. The van der Waals surface area contributed by atoms with E-state index in [0.29, 0.717) is 26.2 Å². The summed E-state index contributed by atoms with van der Waals surface area (Å²) < 4.78 is 43.7. The van der Waals surface area contributed by atoms with Crippen LogP contribution >= 0.6 is 24.8 Å². The van der Waals surface area contributed by atoms with Crippen LogP contribution in [0.4, 0.5) is 13.2 Å². The van der Waals surface area contributed by atoms with Crippen LogP contribution in [-0.4, -0.2) is 49.5 Å². The molecule has 2 rings (SSSR count). The molecule has 0 bridgehead atoms. The number of halogens is 5. The summed E-state index contributed by atoms with van der Waals surface area (Å²) in [4.78, 5) is 1.75. The van der Waals surface area contributed by atoms with Gasteiger partial charge in [-0.25, -0.2) is 0 Å². The molecule has 0 aliphatic carbocycles. The molecule has 0 unspecified atom stereocenters. The maximum Gasteiger partial charge on any atom is 0.390 e.